The highest BCUT2D eigenvalue weighted by Crippen LogP contribution is 2.35. The average molecular weight is 637 g/mol. The lowest BCUT2D eigenvalue weighted by Gasteiger charge is -2.32. The van der Waals surface area contributed by atoms with Crippen LogP contribution < -0.4 is 9.88 Å². The van der Waals surface area contributed by atoms with Gasteiger partial charge in [0.15, 0.2) is 0 Å². The van der Waals surface area contributed by atoms with Crippen molar-refractivity contribution in [2.24, 2.45) is 5.14 Å². The van der Waals surface area contributed by atoms with Gasteiger partial charge in [-0.3, -0.25) is 0 Å². The summed E-state index contributed by atoms with van der Waals surface area (Å²) in [6.07, 6.45) is 6.63. The summed E-state index contributed by atoms with van der Waals surface area (Å²) in [5.74, 6) is 0.187. The third kappa shape index (κ3) is 9.29. The normalized spacial score (nSPS) is 17.5. The smallest absolute Gasteiger partial charge is 0.410 e. The van der Waals surface area contributed by atoms with E-state index in [0.29, 0.717) is 19.7 Å². The number of benzene rings is 3. The Morgan fingerprint density at radius 2 is 1.56 bits per heavy atom. The van der Waals surface area contributed by atoms with Crippen molar-refractivity contribution in [3.05, 3.63) is 83.4 Å². The first-order valence-corrected chi connectivity index (χ1v) is 17.3. The minimum atomic E-state index is -3.68. The summed E-state index contributed by atoms with van der Waals surface area (Å²) in [6.45, 7) is 7.05. The van der Waals surface area contributed by atoms with E-state index in [1.165, 1.54) is 17.7 Å². The molecule has 2 N–H and O–H groups in total. The Kier molecular flexibility index (Phi) is 10.8. The molecule has 1 amide bonds. The van der Waals surface area contributed by atoms with Crippen molar-refractivity contribution in [3.63, 3.8) is 0 Å². The van der Waals surface area contributed by atoms with Gasteiger partial charge in [-0.05, 0) is 78.6 Å². The third-order valence-corrected chi connectivity index (χ3v) is 9.15. The molecule has 2 aliphatic rings. The fourth-order valence-corrected chi connectivity index (χ4v) is 6.13. The number of sulfonamides is 1. The Morgan fingerprint density at radius 3 is 2.27 bits per heavy atom. The first kappa shape index (κ1) is 32.9. The molecule has 3 aromatic carbocycles. The molecule has 242 valence electrons. The summed E-state index contributed by atoms with van der Waals surface area (Å²) in [7, 11) is -3.68. The average Bonchev–Trinajstić information content (AvgIpc) is 3.39. The maximum Gasteiger partial charge on any atom is 0.410 e. The van der Waals surface area contributed by atoms with Gasteiger partial charge in [0.05, 0.1) is 18.0 Å². The molecule has 0 aliphatic carbocycles. The van der Waals surface area contributed by atoms with E-state index in [1.54, 1.807) is 17.0 Å². The van der Waals surface area contributed by atoms with Crippen LogP contribution in [0.3, 0.4) is 0 Å². The Bertz CT molecular complexity index is 1540. The molecule has 5 rings (SSSR count). The fraction of sp³-hybridized carbons (Fsp3) is 0.457. The number of rotatable bonds is 15. The van der Waals surface area contributed by atoms with Gasteiger partial charge in [-0.15, -0.1) is 0 Å². The molecule has 3 aromatic rings. The number of nitrogens with two attached hydrogens (primary N) is 1. The maximum absolute atomic E-state index is 12.4. The molecule has 2 heterocycles. The third-order valence-electron chi connectivity index (χ3n) is 8.22. The highest BCUT2D eigenvalue weighted by Gasteiger charge is 2.33. The van der Waals surface area contributed by atoms with Crippen LogP contribution in [0.2, 0.25) is 0 Å². The molecule has 1 saturated heterocycles. The molecule has 1 fully saturated rings. The molecular formula is C35H44N2O7S. The number of cyclic esters (lactones) is 1. The number of carbonyl (C=O) groups is 1. The molecule has 10 heteroatoms. The fourth-order valence-electron chi connectivity index (χ4n) is 5.62. The van der Waals surface area contributed by atoms with Crippen molar-refractivity contribution in [1.82, 2.24) is 4.90 Å². The Labute approximate surface area is 266 Å². The van der Waals surface area contributed by atoms with Crippen LogP contribution in [0.5, 0.6) is 5.75 Å². The first-order chi connectivity index (χ1) is 21.6. The van der Waals surface area contributed by atoms with Gasteiger partial charge in [-0.1, -0.05) is 55.3 Å². The van der Waals surface area contributed by atoms with Crippen LogP contribution in [-0.4, -0.2) is 51.5 Å². The topological polar surface area (TPSA) is 117 Å². The van der Waals surface area contributed by atoms with Crippen LogP contribution in [0.25, 0.3) is 11.1 Å². The van der Waals surface area contributed by atoms with Gasteiger partial charge >= 0.3 is 6.09 Å². The van der Waals surface area contributed by atoms with Crippen molar-refractivity contribution in [3.8, 4) is 16.9 Å². The molecule has 0 unspecified atom stereocenters. The predicted octanol–water partition coefficient (Wildman–Crippen LogP) is 6.74. The SMILES string of the molecule is CC1(C)OCc2cc([C@@H]3CN(CCCCCCOCCCCc4ccc(-c5ccc(S(N)(=O)=O)cc5)cc4)C(=O)O3)ccc2O1. The monoisotopic (exact) mass is 636 g/mol. The highest BCUT2D eigenvalue weighted by molar-refractivity contribution is 7.89. The molecule has 0 bridgehead atoms. The van der Waals surface area contributed by atoms with Gasteiger partial charge in [-0.2, -0.15) is 0 Å². The number of ether oxygens (including phenoxy) is 4. The summed E-state index contributed by atoms with van der Waals surface area (Å²) in [6, 6.07) is 20.9. The maximum atomic E-state index is 12.4. The lowest BCUT2D eigenvalue weighted by Crippen LogP contribution is -2.35. The van der Waals surface area contributed by atoms with Crippen molar-refractivity contribution in [2.75, 3.05) is 26.3 Å². The second-order valence-electron chi connectivity index (χ2n) is 12.2. The summed E-state index contributed by atoms with van der Waals surface area (Å²) in [5, 5.41) is 5.18. The minimum absolute atomic E-state index is 0.115. The van der Waals surface area contributed by atoms with Gasteiger partial charge in [0.25, 0.3) is 0 Å². The van der Waals surface area contributed by atoms with Crippen molar-refractivity contribution >= 4 is 16.1 Å². The molecular weight excluding hydrogens is 592 g/mol. The van der Waals surface area contributed by atoms with Crippen LogP contribution in [-0.2, 0) is 37.3 Å². The molecule has 2 aliphatic heterocycles. The zero-order chi connectivity index (χ0) is 31.9. The molecule has 0 spiro atoms. The number of aryl methyl sites for hydroxylation is 1. The van der Waals surface area contributed by atoms with E-state index < -0.39 is 15.8 Å². The van der Waals surface area contributed by atoms with E-state index in [1.807, 2.05) is 32.0 Å². The number of fused-ring (bicyclic) bond motifs is 1. The standard InChI is InChI=1S/C35H44N2O7S/c1-35(2)42-25-30-23-29(16-19-32(30)44-35)33-24-37(34(38)43-33)20-6-3-4-7-21-41-22-8-5-9-26-10-12-27(13-11-26)28-14-17-31(18-15-28)45(36,39)40/h10-19,23,33H,3-9,20-22,24-25H2,1-2H3,(H2,36,39,40)/t33-/m0/s1. The van der Waals surface area contributed by atoms with Gasteiger partial charge in [-0.25, -0.2) is 18.4 Å². The first-order valence-electron chi connectivity index (χ1n) is 15.8. The van der Waals surface area contributed by atoms with E-state index in [-0.39, 0.29) is 17.1 Å². The van der Waals surface area contributed by atoms with Crippen molar-refractivity contribution in [2.45, 2.75) is 82.2 Å². The lowest BCUT2D eigenvalue weighted by atomic mass is 10.0. The quantitative estimate of drug-likeness (QED) is 0.184. The van der Waals surface area contributed by atoms with E-state index in [0.717, 1.165) is 86.2 Å². The zero-order valence-electron chi connectivity index (χ0n) is 26.2. The molecule has 0 saturated carbocycles. The summed E-state index contributed by atoms with van der Waals surface area (Å²) in [5.41, 5.74) is 5.20. The van der Waals surface area contributed by atoms with Crippen LogP contribution in [0, 0.1) is 0 Å². The number of hydrogen-bond donors (Lipinski definition) is 1. The molecule has 0 aromatic heterocycles. The van der Waals surface area contributed by atoms with Crippen molar-refractivity contribution in [1.29, 1.82) is 0 Å². The molecule has 45 heavy (non-hydrogen) atoms. The van der Waals surface area contributed by atoms with E-state index in [2.05, 4.69) is 24.3 Å². The van der Waals surface area contributed by atoms with Crippen molar-refractivity contribution < 1.29 is 32.2 Å². The minimum Gasteiger partial charge on any atom is -0.463 e. The van der Waals surface area contributed by atoms with Gasteiger partial charge < -0.3 is 23.8 Å². The number of unbranched alkanes of at least 4 members (excludes halogenated alkanes) is 4. The van der Waals surface area contributed by atoms with Gasteiger partial charge in [0, 0.05) is 39.2 Å². The summed E-state index contributed by atoms with van der Waals surface area (Å²) in [4.78, 5) is 14.4. The second-order valence-corrected chi connectivity index (χ2v) is 13.8. The van der Waals surface area contributed by atoms with E-state index >= 15 is 0 Å². The van der Waals surface area contributed by atoms with Gasteiger partial charge in [0.2, 0.25) is 15.8 Å². The summed E-state index contributed by atoms with van der Waals surface area (Å²) < 4.78 is 46.0. The Hall–Kier alpha value is -3.44. The van der Waals surface area contributed by atoms with Crippen LogP contribution >= 0.6 is 0 Å². The largest absolute Gasteiger partial charge is 0.463 e. The molecule has 9 nitrogen and oxygen atoms in total. The van der Waals surface area contributed by atoms with E-state index in [9.17, 15) is 13.2 Å². The van der Waals surface area contributed by atoms with Gasteiger partial charge in [0.1, 0.15) is 11.9 Å². The Morgan fingerprint density at radius 1 is 0.889 bits per heavy atom. The highest BCUT2D eigenvalue weighted by atomic mass is 32.2. The number of hydrogen-bond acceptors (Lipinski definition) is 7. The summed E-state index contributed by atoms with van der Waals surface area (Å²) >= 11 is 0. The van der Waals surface area contributed by atoms with Crippen LogP contribution in [0.1, 0.15) is 75.2 Å². The number of amides is 1. The second kappa shape index (κ2) is 14.8. The predicted molar refractivity (Wildman–Crippen MR) is 172 cm³/mol. The van der Waals surface area contributed by atoms with Crippen LogP contribution in [0.15, 0.2) is 71.6 Å². The van der Waals surface area contributed by atoms with E-state index in [4.69, 9.17) is 24.1 Å². The Balaban J connectivity index is 0.897. The number of primary sulfonamides is 1. The van der Waals surface area contributed by atoms with Crippen LogP contribution in [0.4, 0.5) is 4.79 Å². The number of nitrogens with zero attached hydrogens (tertiary/aromatic N) is 1. The number of carbonyl (C=O) groups excluding carboxylic acids is 1. The zero-order valence-corrected chi connectivity index (χ0v) is 27.0. The lowest BCUT2D eigenvalue weighted by molar-refractivity contribution is -0.180. The molecule has 0 radical (unpaired) electrons. The molecule has 1 atom stereocenters.